The van der Waals surface area contributed by atoms with Crippen LogP contribution in [0.5, 0.6) is 11.5 Å². The second-order valence-corrected chi connectivity index (χ2v) is 8.05. The van der Waals surface area contributed by atoms with Gasteiger partial charge in [-0.2, -0.15) is 0 Å². The van der Waals surface area contributed by atoms with Crippen LogP contribution >= 0.6 is 11.6 Å². The number of halogens is 2. The van der Waals surface area contributed by atoms with Gasteiger partial charge in [0.05, 0.1) is 24.1 Å². The fourth-order valence-corrected chi connectivity index (χ4v) is 4.60. The van der Waals surface area contributed by atoms with Crippen LogP contribution in [0.25, 0.3) is 5.69 Å². The molecule has 5 rings (SSSR count). The normalized spacial score (nSPS) is 16.6. The van der Waals surface area contributed by atoms with Crippen molar-refractivity contribution in [2.75, 3.05) is 20.2 Å². The first-order valence-electron chi connectivity index (χ1n) is 9.80. The van der Waals surface area contributed by atoms with E-state index in [2.05, 4.69) is 10.6 Å². The van der Waals surface area contributed by atoms with E-state index in [0.717, 1.165) is 17.1 Å². The van der Waals surface area contributed by atoms with Gasteiger partial charge in [-0.15, -0.1) is 0 Å². The lowest BCUT2D eigenvalue weighted by atomic mass is 9.86. The number of piperidine rings is 1. The van der Waals surface area contributed by atoms with E-state index in [9.17, 15) is 9.18 Å². The van der Waals surface area contributed by atoms with Gasteiger partial charge in [-0.3, -0.25) is 4.79 Å². The maximum atomic E-state index is 13.5. The van der Waals surface area contributed by atoms with Crippen LogP contribution < -0.4 is 9.47 Å². The van der Waals surface area contributed by atoms with Gasteiger partial charge in [0.25, 0.3) is 5.91 Å². The molecule has 3 aromatic rings. The largest absolute Gasteiger partial charge is 0.496 e. The standard InChI is InChI=1S/C23H20ClFN2O3/c1-29-19-14-16(25)5-6-17(19)22(28)26-11-8-23(9-12-26)21-3-2-10-27(21)18-7-4-15(24)13-20(18)30-23/h2-7,10,13-14H,8-9,11-12H2,1H3. The summed E-state index contributed by atoms with van der Waals surface area (Å²) >= 11 is 6.20. The minimum atomic E-state index is -0.523. The zero-order chi connectivity index (χ0) is 20.9. The first-order chi connectivity index (χ1) is 14.5. The molecule has 0 unspecified atom stereocenters. The lowest BCUT2D eigenvalue weighted by Crippen LogP contribution is -2.50. The number of fused-ring (bicyclic) bond motifs is 4. The molecule has 0 saturated carbocycles. The third-order valence-corrected chi connectivity index (χ3v) is 6.19. The van der Waals surface area contributed by atoms with Crippen LogP contribution in [-0.2, 0) is 5.60 Å². The molecule has 2 aromatic carbocycles. The van der Waals surface area contributed by atoms with Crippen LogP contribution in [0.4, 0.5) is 4.39 Å². The van der Waals surface area contributed by atoms with Crippen LogP contribution in [-0.4, -0.2) is 35.6 Å². The number of likely N-dealkylation sites (tertiary alicyclic amines) is 1. The molecule has 1 amide bonds. The highest BCUT2D eigenvalue weighted by atomic mass is 35.5. The monoisotopic (exact) mass is 426 g/mol. The van der Waals surface area contributed by atoms with Gasteiger partial charge in [0.15, 0.2) is 5.60 Å². The summed E-state index contributed by atoms with van der Waals surface area (Å²) in [4.78, 5) is 14.8. The summed E-state index contributed by atoms with van der Waals surface area (Å²) in [5.41, 5.74) is 1.87. The van der Waals surface area contributed by atoms with Gasteiger partial charge in [-0.25, -0.2) is 4.39 Å². The maximum Gasteiger partial charge on any atom is 0.257 e. The molecule has 1 aromatic heterocycles. The molecular weight excluding hydrogens is 407 g/mol. The number of carbonyl (C=O) groups excluding carboxylic acids is 1. The van der Waals surface area contributed by atoms with E-state index < -0.39 is 11.4 Å². The van der Waals surface area contributed by atoms with Crippen LogP contribution in [0, 0.1) is 5.82 Å². The van der Waals surface area contributed by atoms with E-state index in [-0.39, 0.29) is 11.7 Å². The maximum absolute atomic E-state index is 13.5. The lowest BCUT2D eigenvalue weighted by Gasteiger charge is -2.45. The van der Waals surface area contributed by atoms with E-state index in [0.29, 0.717) is 36.5 Å². The Hall–Kier alpha value is -2.99. The van der Waals surface area contributed by atoms with Gasteiger partial charge < -0.3 is 18.9 Å². The molecule has 0 radical (unpaired) electrons. The van der Waals surface area contributed by atoms with Crippen LogP contribution in [0.15, 0.2) is 54.7 Å². The Morgan fingerprint density at radius 3 is 2.73 bits per heavy atom. The molecule has 0 atom stereocenters. The Morgan fingerprint density at radius 2 is 1.97 bits per heavy atom. The quantitative estimate of drug-likeness (QED) is 0.591. The SMILES string of the molecule is COc1cc(F)ccc1C(=O)N1CCC2(CC1)Oc1cc(Cl)ccc1-n1cccc12. The highest BCUT2D eigenvalue weighted by Gasteiger charge is 2.44. The zero-order valence-electron chi connectivity index (χ0n) is 16.4. The van der Waals surface area contributed by atoms with Gasteiger partial charge in [-0.05, 0) is 36.4 Å². The van der Waals surface area contributed by atoms with Crippen molar-refractivity contribution in [3.63, 3.8) is 0 Å². The molecule has 0 N–H and O–H groups in total. The average molecular weight is 427 g/mol. The summed E-state index contributed by atoms with van der Waals surface area (Å²) in [7, 11) is 1.43. The molecule has 3 heterocycles. The van der Waals surface area contributed by atoms with Crippen molar-refractivity contribution >= 4 is 17.5 Å². The smallest absolute Gasteiger partial charge is 0.257 e. The Kier molecular flexibility index (Phi) is 4.47. The van der Waals surface area contributed by atoms with E-state index >= 15 is 0 Å². The van der Waals surface area contributed by atoms with Crippen LogP contribution in [0.1, 0.15) is 28.9 Å². The number of nitrogens with zero attached hydrogens (tertiary/aromatic N) is 2. The molecule has 7 heteroatoms. The summed E-state index contributed by atoms with van der Waals surface area (Å²) in [5, 5.41) is 0.621. The molecule has 0 bridgehead atoms. The number of rotatable bonds is 2. The molecule has 5 nitrogen and oxygen atoms in total. The Balaban J connectivity index is 1.42. The molecule has 2 aliphatic heterocycles. The first-order valence-corrected chi connectivity index (χ1v) is 10.2. The van der Waals surface area contributed by atoms with Crippen molar-refractivity contribution in [2.24, 2.45) is 0 Å². The summed E-state index contributed by atoms with van der Waals surface area (Å²) in [6.07, 6.45) is 3.30. The topological polar surface area (TPSA) is 43.7 Å². The van der Waals surface area contributed by atoms with Crippen molar-refractivity contribution < 1.29 is 18.7 Å². The lowest BCUT2D eigenvalue weighted by molar-refractivity contribution is -0.00936. The molecule has 1 fully saturated rings. The van der Waals surface area contributed by atoms with Gasteiger partial charge in [-0.1, -0.05) is 11.6 Å². The molecule has 1 saturated heterocycles. The molecular formula is C23H20ClFN2O3. The first kappa shape index (κ1) is 19.0. The van der Waals surface area contributed by atoms with Gasteiger partial charge in [0, 0.05) is 49.3 Å². The number of carbonyl (C=O) groups is 1. The summed E-state index contributed by atoms with van der Waals surface area (Å²) in [6, 6.07) is 13.7. The number of ether oxygens (including phenoxy) is 2. The van der Waals surface area contributed by atoms with Crippen molar-refractivity contribution in [1.82, 2.24) is 9.47 Å². The number of aromatic nitrogens is 1. The van der Waals surface area contributed by atoms with Gasteiger partial charge in [0.1, 0.15) is 17.3 Å². The molecule has 0 aliphatic carbocycles. The summed E-state index contributed by atoms with van der Waals surface area (Å²) < 4.78 is 27.3. The van der Waals surface area contributed by atoms with Crippen molar-refractivity contribution in [3.8, 4) is 17.2 Å². The highest BCUT2D eigenvalue weighted by molar-refractivity contribution is 6.30. The van der Waals surface area contributed by atoms with Crippen molar-refractivity contribution in [2.45, 2.75) is 18.4 Å². The van der Waals surface area contributed by atoms with Gasteiger partial charge in [0.2, 0.25) is 0 Å². The van der Waals surface area contributed by atoms with E-state index in [4.69, 9.17) is 21.1 Å². The van der Waals surface area contributed by atoms with E-state index in [1.165, 1.54) is 25.3 Å². The predicted octanol–water partition coefficient (Wildman–Crippen LogP) is 4.80. The molecule has 30 heavy (non-hydrogen) atoms. The Labute approximate surface area is 178 Å². The number of hydrogen-bond donors (Lipinski definition) is 0. The number of methoxy groups -OCH3 is 1. The third-order valence-electron chi connectivity index (χ3n) is 5.95. The highest BCUT2D eigenvalue weighted by Crippen LogP contribution is 2.46. The fourth-order valence-electron chi connectivity index (χ4n) is 4.44. The average Bonchev–Trinajstić information content (AvgIpc) is 3.25. The predicted molar refractivity (Wildman–Crippen MR) is 111 cm³/mol. The summed E-state index contributed by atoms with van der Waals surface area (Å²) in [5.74, 6) is 0.379. The minimum Gasteiger partial charge on any atom is -0.496 e. The molecule has 154 valence electrons. The third kappa shape index (κ3) is 2.94. The summed E-state index contributed by atoms with van der Waals surface area (Å²) in [6.45, 7) is 1.03. The zero-order valence-corrected chi connectivity index (χ0v) is 17.2. The number of amides is 1. The number of hydrogen-bond acceptors (Lipinski definition) is 3. The van der Waals surface area contributed by atoms with Crippen molar-refractivity contribution in [1.29, 1.82) is 0 Å². The van der Waals surface area contributed by atoms with Crippen LogP contribution in [0.3, 0.4) is 0 Å². The van der Waals surface area contributed by atoms with Gasteiger partial charge >= 0.3 is 0 Å². The van der Waals surface area contributed by atoms with Crippen LogP contribution in [0.2, 0.25) is 5.02 Å². The second kappa shape index (κ2) is 7.06. The molecule has 1 spiro atoms. The van der Waals surface area contributed by atoms with E-state index in [1.54, 1.807) is 4.90 Å². The van der Waals surface area contributed by atoms with E-state index in [1.807, 2.05) is 30.5 Å². The second-order valence-electron chi connectivity index (χ2n) is 7.61. The minimum absolute atomic E-state index is 0.170. The number of benzene rings is 2. The Morgan fingerprint density at radius 1 is 1.17 bits per heavy atom. The fraction of sp³-hybridized carbons (Fsp3) is 0.261. The van der Waals surface area contributed by atoms with Crippen molar-refractivity contribution in [3.05, 3.63) is 76.8 Å². The Bertz CT molecular complexity index is 1140. The molecule has 2 aliphatic rings.